The number of aryl methyl sites for hydroxylation is 1. The van der Waals surface area contributed by atoms with Gasteiger partial charge in [0.15, 0.2) is 0 Å². The standard InChI is InChI=1S/C32H44N4O3/c1-38-28-12-10-27(11-13-28)36(26-8-4-3-5-9-26)32(37)16-18-35-21-19-34(20-22-35)17-6-7-25-24-33-31-15-14-29(39-2)23-30(25)31/h3-5,8-9,14-15,23-24,27-28,33H,6-7,10-13,16-22H2,1-2H3. The van der Waals surface area contributed by atoms with Crippen molar-refractivity contribution in [2.75, 3.05) is 58.4 Å². The van der Waals surface area contributed by atoms with E-state index in [1.807, 2.05) is 24.3 Å². The maximum atomic E-state index is 13.5. The Bertz CT molecular complexity index is 1180. The van der Waals surface area contributed by atoms with Gasteiger partial charge in [0.2, 0.25) is 5.91 Å². The van der Waals surface area contributed by atoms with Crippen molar-refractivity contribution in [3.63, 3.8) is 0 Å². The highest BCUT2D eigenvalue weighted by atomic mass is 16.5. The summed E-state index contributed by atoms with van der Waals surface area (Å²) in [6, 6.07) is 16.7. The number of aromatic amines is 1. The molecule has 2 fully saturated rings. The van der Waals surface area contributed by atoms with E-state index >= 15 is 0 Å². The molecule has 2 heterocycles. The minimum Gasteiger partial charge on any atom is -0.497 e. The Balaban J connectivity index is 1.07. The number of amides is 1. The van der Waals surface area contributed by atoms with Gasteiger partial charge in [0.1, 0.15) is 5.75 Å². The van der Waals surface area contributed by atoms with Gasteiger partial charge in [0.25, 0.3) is 0 Å². The minimum absolute atomic E-state index is 0.250. The molecule has 0 spiro atoms. The van der Waals surface area contributed by atoms with Crippen LogP contribution in [-0.2, 0) is 16.0 Å². The average molecular weight is 533 g/mol. The lowest BCUT2D eigenvalue weighted by atomic mass is 9.91. The normalized spacial score (nSPS) is 20.8. The molecule has 39 heavy (non-hydrogen) atoms. The molecule has 2 aliphatic rings. The number of nitrogens with zero attached hydrogens (tertiary/aromatic N) is 3. The first-order chi connectivity index (χ1) is 19.1. The van der Waals surface area contributed by atoms with Crippen LogP contribution < -0.4 is 9.64 Å². The molecular formula is C32H44N4O3. The zero-order valence-corrected chi connectivity index (χ0v) is 23.6. The third-order valence-corrected chi connectivity index (χ3v) is 8.65. The summed E-state index contributed by atoms with van der Waals surface area (Å²) in [4.78, 5) is 24.0. The van der Waals surface area contributed by atoms with Crippen LogP contribution in [0.2, 0.25) is 0 Å². The first-order valence-corrected chi connectivity index (χ1v) is 14.6. The Morgan fingerprint density at radius 1 is 0.949 bits per heavy atom. The fourth-order valence-corrected chi connectivity index (χ4v) is 6.28. The largest absolute Gasteiger partial charge is 0.497 e. The van der Waals surface area contributed by atoms with Crippen LogP contribution in [-0.4, -0.2) is 86.3 Å². The van der Waals surface area contributed by atoms with Crippen LogP contribution in [0.15, 0.2) is 54.7 Å². The van der Waals surface area contributed by atoms with Gasteiger partial charge >= 0.3 is 0 Å². The van der Waals surface area contributed by atoms with Crippen molar-refractivity contribution in [3.05, 3.63) is 60.3 Å². The molecule has 2 aromatic carbocycles. The summed E-state index contributed by atoms with van der Waals surface area (Å²) in [5, 5.41) is 1.26. The molecule has 1 saturated heterocycles. The first kappa shape index (κ1) is 27.7. The second-order valence-corrected chi connectivity index (χ2v) is 11.0. The van der Waals surface area contributed by atoms with Gasteiger partial charge in [0, 0.05) is 75.1 Å². The quantitative estimate of drug-likeness (QED) is 0.372. The number of carbonyl (C=O) groups is 1. The van der Waals surface area contributed by atoms with Crippen molar-refractivity contribution in [2.45, 2.75) is 57.1 Å². The van der Waals surface area contributed by atoms with Gasteiger partial charge in [-0.3, -0.25) is 4.79 Å². The molecule has 0 unspecified atom stereocenters. The maximum Gasteiger partial charge on any atom is 0.228 e. The van der Waals surface area contributed by atoms with Gasteiger partial charge in [-0.15, -0.1) is 0 Å². The average Bonchev–Trinajstić information content (AvgIpc) is 3.40. The zero-order chi connectivity index (χ0) is 27.0. The van der Waals surface area contributed by atoms with Crippen molar-refractivity contribution in [3.8, 4) is 5.75 Å². The molecule has 7 nitrogen and oxygen atoms in total. The third-order valence-electron chi connectivity index (χ3n) is 8.65. The van der Waals surface area contributed by atoms with Crippen LogP contribution in [0.1, 0.15) is 44.1 Å². The van der Waals surface area contributed by atoms with Crippen LogP contribution in [0, 0.1) is 0 Å². The number of rotatable bonds is 11. The summed E-state index contributed by atoms with van der Waals surface area (Å²) in [5.41, 5.74) is 3.56. The molecule has 1 aliphatic carbocycles. The van der Waals surface area contributed by atoms with Crippen molar-refractivity contribution in [1.82, 2.24) is 14.8 Å². The Morgan fingerprint density at radius 2 is 1.67 bits per heavy atom. The second-order valence-electron chi connectivity index (χ2n) is 11.0. The molecule has 3 aromatic rings. The number of methoxy groups -OCH3 is 2. The number of anilines is 1. The lowest BCUT2D eigenvalue weighted by Gasteiger charge is -2.38. The number of carbonyl (C=O) groups excluding carboxylic acids is 1. The predicted molar refractivity (Wildman–Crippen MR) is 158 cm³/mol. The van der Waals surface area contributed by atoms with E-state index in [4.69, 9.17) is 9.47 Å². The van der Waals surface area contributed by atoms with E-state index in [0.717, 1.165) is 89.2 Å². The lowest BCUT2D eigenvalue weighted by Crippen LogP contribution is -2.48. The van der Waals surface area contributed by atoms with Gasteiger partial charge in [-0.25, -0.2) is 0 Å². The zero-order valence-electron chi connectivity index (χ0n) is 23.6. The number of aromatic nitrogens is 1. The smallest absolute Gasteiger partial charge is 0.228 e. The van der Waals surface area contributed by atoms with Gasteiger partial charge in [-0.05, 0) is 81.0 Å². The van der Waals surface area contributed by atoms with Crippen molar-refractivity contribution >= 4 is 22.5 Å². The number of hydrogen-bond acceptors (Lipinski definition) is 5. The number of piperazine rings is 1. The monoisotopic (exact) mass is 532 g/mol. The first-order valence-electron chi connectivity index (χ1n) is 14.6. The molecule has 0 radical (unpaired) electrons. The predicted octanol–water partition coefficient (Wildman–Crippen LogP) is 5.11. The van der Waals surface area contributed by atoms with Crippen molar-refractivity contribution in [1.29, 1.82) is 0 Å². The maximum absolute atomic E-state index is 13.5. The van der Waals surface area contributed by atoms with Gasteiger partial charge in [0.05, 0.1) is 13.2 Å². The number of fused-ring (bicyclic) bond motifs is 1. The van der Waals surface area contributed by atoms with Crippen LogP contribution in [0.3, 0.4) is 0 Å². The molecule has 5 rings (SSSR count). The van der Waals surface area contributed by atoms with Crippen LogP contribution >= 0.6 is 0 Å². The van der Waals surface area contributed by atoms with E-state index < -0.39 is 0 Å². The minimum atomic E-state index is 0.250. The fourth-order valence-electron chi connectivity index (χ4n) is 6.28. The number of nitrogens with one attached hydrogen (secondary N) is 1. The topological polar surface area (TPSA) is 61.0 Å². The van der Waals surface area contributed by atoms with Gasteiger partial charge in [-0.2, -0.15) is 0 Å². The SMILES string of the molecule is COc1ccc2[nH]cc(CCCN3CCN(CCC(=O)N(c4ccccc4)C4CCC(OC)CC4)CC3)c2c1. The number of benzene rings is 2. The highest BCUT2D eigenvalue weighted by molar-refractivity contribution is 5.94. The molecule has 1 N–H and O–H groups in total. The van der Waals surface area contributed by atoms with E-state index in [1.54, 1.807) is 14.2 Å². The Kier molecular flexibility index (Phi) is 9.56. The summed E-state index contributed by atoms with van der Waals surface area (Å²) in [6.45, 7) is 6.14. The van der Waals surface area contributed by atoms with E-state index in [1.165, 1.54) is 16.5 Å². The van der Waals surface area contributed by atoms with Crippen LogP contribution in [0.5, 0.6) is 5.75 Å². The Morgan fingerprint density at radius 3 is 2.36 bits per heavy atom. The Hall–Kier alpha value is -2.87. The van der Waals surface area contributed by atoms with Gasteiger partial charge < -0.3 is 29.2 Å². The number of hydrogen-bond donors (Lipinski definition) is 1. The highest BCUT2D eigenvalue weighted by Gasteiger charge is 2.30. The molecule has 0 bridgehead atoms. The number of ether oxygens (including phenoxy) is 2. The van der Waals surface area contributed by atoms with Crippen molar-refractivity contribution in [2.24, 2.45) is 0 Å². The molecule has 1 amide bonds. The van der Waals surface area contributed by atoms with E-state index in [2.05, 4.69) is 50.1 Å². The molecule has 7 heteroatoms. The highest BCUT2D eigenvalue weighted by Crippen LogP contribution is 2.29. The summed E-state index contributed by atoms with van der Waals surface area (Å²) in [7, 11) is 3.52. The van der Waals surface area contributed by atoms with E-state index in [0.29, 0.717) is 12.5 Å². The summed E-state index contributed by atoms with van der Waals surface area (Å²) in [6.07, 6.45) is 9.29. The summed E-state index contributed by atoms with van der Waals surface area (Å²) >= 11 is 0. The molecule has 1 saturated carbocycles. The summed E-state index contributed by atoms with van der Waals surface area (Å²) in [5.74, 6) is 1.16. The molecule has 1 aromatic heterocycles. The fraction of sp³-hybridized carbons (Fsp3) is 0.531. The molecular weight excluding hydrogens is 488 g/mol. The van der Waals surface area contributed by atoms with Crippen LogP contribution in [0.25, 0.3) is 10.9 Å². The van der Waals surface area contributed by atoms with E-state index in [-0.39, 0.29) is 11.9 Å². The second kappa shape index (κ2) is 13.5. The summed E-state index contributed by atoms with van der Waals surface area (Å²) < 4.78 is 11.0. The molecule has 210 valence electrons. The third kappa shape index (κ3) is 7.02. The number of para-hydroxylation sites is 1. The van der Waals surface area contributed by atoms with Crippen LogP contribution in [0.4, 0.5) is 5.69 Å². The Labute approximate surface area is 233 Å². The number of H-pyrrole nitrogens is 1. The lowest BCUT2D eigenvalue weighted by molar-refractivity contribution is -0.119. The van der Waals surface area contributed by atoms with E-state index in [9.17, 15) is 4.79 Å². The molecule has 1 aliphatic heterocycles. The van der Waals surface area contributed by atoms with Crippen molar-refractivity contribution < 1.29 is 14.3 Å². The molecule has 0 atom stereocenters. The van der Waals surface area contributed by atoms with Gasteiger partial charge in [-0.1, -0.05) is 18.2 Å².